The molecule has 106 valence electrons. The first-order chi connectivity index (χ1) is 9.15. The summed E-state index contributed by atoms with van der Waals surface area (Å²) in [5.41, 5.74) is 0. The van der Waals surface area contributed by atoms with Gasteiger partial charge in [-0.1, -0.05) is 0 Å². The first-order valence-corrected chi connectivity index (χ1v) is 7.41. The zero-order valence-corrected chi connectivity index (χ0v) is 11.3. The van der Waals surface area contributed by atoms with Crippen molar-refractivity contribution in [1.29, 1.82) is 0 Å². The number of piperidine rings is 1. The fourth-order valence-corrected chi connectivity index (χ4v) is 3.14. The Labute approximate surface area is 113 Å². The Kier molecular flexibility index (Phi) is 3.48. The van der Waals surface area contributed by atoms with Crippen LogP contribution in [0.15, 0.2) is 0 Å². The molecule has 0 aromatic rings. The van der Waals surface area contributed by atoms with Crippen LogP contribution in [0.5, 0.6) is 0 Å². The van der Waals surface area contributed by atoms with Crippen molar-refractivity contribution in [3.63, 3.8) is 0 Å². The predicted molar refractivity (Wildman–Crippen MR) is 69.2 cm³/mol. The summed E-state index contributed by atoms with van der Waals surface area (Å²) in [6.07, 6.45) is 4.01. The van der Waals surface area contributed by atoms with Gasteiger partial charge in [0.1, 0.15) is 0 Å². The Morgan fingerprint density at radius 1 is 0.789 bits per heavy atom. The summed E-state index contributed by atoms with van der Waals surface area (Å²) in [6, 6.07) is 0. The van der Waals surface area contributed by atoms with Crippen molar-refractivity contribution >= 4 is 11.8 Å². The Morgan fingerprint density at radius 3 is 1.84 bits per heavy atom. The smallest absolute Gasteiger partial charge is 0.225 e. The maximum atomic E-state index is 12.3. The van der Waals surface area contributed by atoms with Crippen LogP contribution in [0, 0.1) is 11.8 Å². The van der Waals surface area contributed by atoms with Crippen LogP contribution in [0.25, 0.3) is 0 Å². The van der Waals surface area contributed by atoms with E-state index in [1.54, 1.807) is 4.90 Å². The fraction of sp³-hybridized carbons (Fsp3) is 0.857. The molecule has 1 N–H and O–H groups in total. The van der Waals surface area contributed by atoms with E-state index in [9.17, 15) is 14.7 Å². The summed E-state index contributed by atoms with van der Waals surface area (Å²) >= 11 is 0. The number of carbonyl (C=O) groups excluding carboxylic acids is 2. The van der Waals surface area contributed by atoms with Crippen molar-refractivity contribution < 1.29 is 14.7 Å². The van der Waals surface area contributed by atoms with Crippen LogP contribution in [0.4, 0.5) is 0 Å². The van der Waals surface area contributed by atoms with Crippen LogP contribution < -0.4 is 0 Å². The molecule has 1 aliphatic carbocycles. The summed E-state index contributed by atoms with van der Waals surface area (Å²) in [5.74, 6) is 0.798. The standard InChI is InChI=1S/C14H22N2O3/c17-12-5-8-16(9-12)14(19)11-3-6-15(7-4-11)13(18)10-1-2-10/h10-12,17H,1-9H2/t12-/m1/s1. The lowest BCUT2D eigenvalue weighted by atomic mass is 9.95. The minimum Gasteiger partial charge on any atom is -0.391 e. The minimum atomic E-state index is -0.347. The Morgan fingerprint density at radius 2 is 1.32 bits per heavy atom. The van der Waals surface area contributed by atoms with Crippen molar-refractivity contribution in [2.75, 3.05) is 26.2 Å². The summed E-state index contributed by atoms with van der Waals surface area (Å²) in [4.78, 5) is 27.9. The van der Waals surface area contributed by atoms with Crippen LogP contribution in [0.2, 0.25) is 0 Å². The zero-order chi connectivity index (χ0) is 13.4. The zero-order valence-electron chi connectivity index (χ0n) is 11.3. The van der Waals surface area contributed by atoms with Gasteiger partial charge in [0.15, 0.2) is 0 Å². The van der Waals surface area contributed by atoms with Gasteiger partial charge < -0.3 is 14.9 Å². The van der Waals surface area contributed by atoms with Crippen LogP contribution in [0.1, 0.15) is 32.1 Å². The SMILES string of the molecule is O=C(C1CC1)N1CCC(C(=O)N2CC[C@@H](O)C2)CC1. The minimum absolute atomic E-state index is 0.0496. The highest BCUT2D eigenvalue weighted by Crippen LogP contribution is 2.32. The van der Waals surface area contributed by atoms with Gasteiger partial charge in [0.2, 0.25) is 11.8 Å². The van der Waals surface area contributed by atoms with Gasteiger partial charge in [-0.2, -0.15) is 0 Å². The van der Waals surface area contributed by atoms with E-state index in [4.69, 9.17) is 0 Å². The van der Waals surface area contributed by atoms with Crippen molar-refractivity contribution in [1.82, 2.24) is 9.80 Å². The van der Waals surface area contributed by atoms with Gasteiger partial charge in [-0.15, -0.1) is 0 Å². The molecular weight excluding hydrogens is 244 g/mol. The molecule has 0 bridgehead atoms. The molecule has 3 aliphatic rings. The quantitative estimate of drug-likeness (QED) is 0.778. The molecule has 2 amide bonds. The monoisotopic (exact) mass is 266 g/mol. The van der Waals surface area contributed by atoms with Gasteiger partial charge in [0, 0.05) is 38.0 Å². The maximum absolute atomic E-state index is 12.3. The van der Waals surface area contributed by atoms with Gasteiger partial charge >= 0.3 is 0 Å². The molecule has 19 heavy (non-hydrogen) atoms. The van der Waals surface area contributed by atoms with Crippen LogP contribution >= 0.6 is 0 Å². The number of β-amino-alcohol motifs (C(OH)–C–C–N with tert-alkyl or cyclic N) is 1. The fourth-order valence-electron chi connectivity index (χ4n) is 3.14. The van der Waals surface area contributed by atoms with Crippen molar-refractivity contribution in [2.24, 2.45) is 11.8 Å². The molecule has 2 heterocycles. The van der Waals surface area contributed by atoms with E-state index in [-0.39, 0.29) is 23.8 Å². The lowest BCUT2D eigenvalue weighted by Crippen LogP contribution is -2.44. The van der Waals surface area contributed by atoms with E-state index in [1.807, 2.05) is 4.90 Å². The number of carbonyl (C=O) groups is 2. The molecule has 2 saturated heterocycles. The number of amides is 2. The van der Waals surface area contributed by atoms with Crippen LogP contribution in [-0.2, 0) is 9.59 Å². The van der Waals surface area contributed by atoms with Gasteiger partial charge in [-0.05, 0) is 32.1 Å². The molecule has 5 nitrogen and oxygen atoms in total. The molecule has 1 atom stereocenters. The molecule has 0 spiro atoms. The molecule has 1 saturated carbocycles. The summed E-state index contributed by atoms with van der Waals surface area (Å²) in [7, 11) is 0. The van der Waals surface area contributed by atoms with Gasteiger partial charge in [-0.25, -0.2) is 0 Å². The van der Waals surface area contributed by atoms with Gasteiger partial charge in [-0.3, -0.25) is 9.59 Å². The average Bonchev–Trinajstić information content (AvgIpc) is 3.19. The third-order valence-corrected chi connectivity index (χ3v) is 4.56. The number of aliphatic hydroxyl groups is 1. The van der Waals surface area contributed by atoms with Crippen molar-refractivity contribution in [2.45, 2.75) is 38.2 Å². The Bertz CT molecular complexity index is 373. The molecular formula is C14H22N2O3. The van der Waals surface area contributed by atoms with Crippen molar-refractivity contribution in [3.05, 3.63) is 0 Å². The third kappa shape index (κ3) is 2.76. The van der Waals surface area contributed by atoms with Crippen LogP contribution in [-0.4, -0.2) is 59.0 Å². The second-order valence-corrected chi connectivity index (χ2v) is 6.10. The molecule has 0 radical (unpaired) electrons. The van der Waals surface area contributed by atoms with E-state index >= 15 is 0 Å². The van der Waals surface area contributed by atoms with E-state index in [0.717, 1.165) is 38.8 Å². The number of hydrogen-bond donors (Lipinski definition) is 1. The summed E-state index contributed by atoms with van der Waals surface area (Å²) in [5, 5.41) is 9.48. The van der Waals surface area contributed by atoms with Gasteiger partial charge in [0.25, 0.3) is 0 Å². The molecule has 0 unspecified atom stereocenters. The van der Waals surface area contributed by atoms with Crippen LogP contribution in [0.3, 0.4) is 0 Å². The number of likely N-dealkylation sites (tertiary alicyclic amines) is 2. The highest BCUT2D eigenvalue weighted by molar-refractivity contribution is 5.82. The van der Waals surface area contributed by atoms with E-state index in [1.165, 1.54) is 0 Å². The van der Waals surface area contributed by atoms with E-state index in [0.29, 0.717) is 25.4 Å². The highest BCUT2D eigenvalue weighted by atomic mass is 16.3. The summed E-state index contributed by atoms with van der Waals surface area (Å²) in [6.45, 7) is 2.62. The molecule has 5 heteroatoms. The first kappa shape index (κ1) is 12.9. The average molecular weight is 266 g/mol. The topological polar surface area (TPSA) is 60.9 Å². The largest absolute Gasteiger partial charge is 0.391 e. The number of rotatable bonds is 2. The number of nitrogens with zero attached hydrogens (tertiary/aromatic N) is 2. The maximum Gasteiger partial charge on any atom is 0.225 e. The predicted octanol–water partition coefficient (Wildman–Crippen LogP) is 0.228. The number of aliphatic hydroxyl groups excluding tert-OH is 1. The lowest BCUT2D eigenvalue weighted by molar-refractivity contribution is -0.140. The third-order valence-electron chi connectivity index (χ3n) is 4.56. The normalized spacial score (nSPS) is 28.8. The summed E-state index contributed by atoms with van der Waals surface area (Å²) < 4.78 is 0. The molecule has 0 aromatic carbocycles. The molecule has 3 rings (SSSR count). The Hall–Kier alpha value is -1.10. The lowest BCUT2D eigenvalue weighted by Gasteiger charge is -2.33. The van der Waals surface area contributed by atoms with Gasteiger partial charge in [0.05, 0.1) is 6.10 Å². The van der Waals surface area contributed by atoms with Crippen molar-refractivity contribution in [3.8, 4) is 0 Å². The molecule has 2 aliphatic heterocycles. The Balaban J connectivity index is 1.49. The molecule has 3 fully saturated rings. The number of hydrogen-bond acceptors (Lipinski definition) is 3. The highest BCUT2D eigenvalue weighted by Gasteiger charge is 2.37. The second kappa shape index (κ2) is 5.12. The molecule has 0 aromatic heterocycles. The second-order valence-electron chi connectivity index (χ2n) is 6.10. The first-order valence-electron chi connectivity index (χ1n) is 7.41. The van der Waals surface area contributed by atoms with E-state index in [2.05, 4.69) is 0 Å². The van der Waals surface area contributed by atoms with E-state index < -0.39 is 0 Å².